The third-order valence-corrected chi connectivity index (χ3v) is 3.80. The number of carbonyl (C=O) groups excluding carboxylic acids is 1. The van der Waals surface area contributed by atoms with Crippen LogP contribution in [0.3, 0.4) is 0 Å². The summed E-state index contributed by atoms with van der Waals surface area (Å²) in [6.45, 7) is 7.34. The minimum Gasteiger partial charge on any atom is -0.325 e. The van der Waals surface area contributed by atoms with E-state index in [4.69, 9.17) is 0 Å². The summed E-state index contributed by atoms with van der Waals surface area (Å²) in [4.78, 5) is 16.4. The summed E-state index contributed by atoms with van der Waals surface area (Å²) in [5.74, 6) is 0.941. The van der Waals surface area contributed by atoms with Crippen molar-refractivity contribution in [2.45, 2.75) is 38.9 Å². The highest BCUT2D eigenvalue weighted by Gasteiger charge is 2.36. The molecule has 0 aromatic carbocycles. The fourth-order valence-electron chi connectivity index (χ4n) is 2.86. The van der Waals surface area contributed by atoms with Gasteiger partial charge in [0.1, 0.15) is 0 Å². The van der Waals surface area contributed by atoms with Gasteiger partial charge in [0.25, 0.3) is 0 Å². The van der Waals surface area contributed by atoms with Crippen LogP contribution in [-0.2, 0) is 4.79 Å². The van der Waals surface area contributed by atoms with Crippen LogP contribution in [0.4, 0.5) is 0 Å². The fraction of sp³-hybridized carbons (Fsp3) is 0.917. The van der Waals surface area contributed by atoms with Gasteiger partial charge in [-0.05, 0) is 39.3 Å². The van der Waals surface area contributed by atoms with E-state index in [1.807, 2.05) is 6.92 Å². The Morgan fingerprint density at radius 1 is 1.50 bits per heavy atom. The lowest BCUT2D eigenvalue weighted by atomic mass is 10.1. The average Bonchev–Trinajstić information content (AvgIpc) is 2.77. The van der Waals surface area contributed by atoms with Gasteiger partial charge in [-0.25, -0.2) is 0 Å². The molecule has 0 aromatic rings. The van der Waals surface area contributed by atoms with Crippen LogP contribution < -0.4 is 5.32 Å². The number of amides is 1. The Labute approximate surface area is 98.0 Å². The first-order chi connectivity index (χ1) is 7.61. The summed E-state index contributed by atoms with van der Waals surface area (Å²) in [6.07, 6.45) is 2.48. The third-order valence-electron chi connectivity index (χ3n) is 3.80. The van der Waals surface area contributed by atoms with Gasteiger partial charge in [-0.2, -0.15) is 0 Å². The number of rotatable bonds is 3. The zero-order valence-electron chi connectivity index (χ0n) is 10.6. The van der Waals surface area contributed by atoms with Crippen molar-refractivity contribution >= 4 is 5.91 Å². The van der Waals surface area contributed by atoms with Gasteiger partial charge in [0.15, 0.2) is 0 Å². The Balaban J connectivity index is 1.94. The molecule has 1 N–H and O–H groups in total. The molecule has 2 aliphatic heterocycles. The molecule has 0 saturated carbocycles. The first-order valence-electron chi connectivity index (χ1n) is 6.37. The number of carbonyl (C=O) groups is 1. The molecule has 2 saturated heterocycles. The van der Waals surface area contributed by atoms with Crippen molar-refractivity contribution < 1.29 is 4.79 Å². The molecule has 4 heteroatoms. The van der Waals surface area contributed by atoms with E-state index in [0.29, 0.717) is 5.92 Å². The second-order valence-electron chi connectivity index (χ2n) is 5.22. The highest BCUT2D eigenvalue weighted by atomic mass is 16.2. The molecule has 0 aliphatic carbocycles. The summed E-state index contributed by atoms with van der Waals surface area (Å²) in [7, 11) is 2.16. The van der Waals surface area contributed by atoms with Crippen LogP contribution in [0.25, 0.3) is 0 Å². The Bertz CT molecular complexity index is 269. The fourth-order valence-corrected chi connectivity index (χ4v) is 2.86. The lowest BCUT2D eigenvalue weighted by Crippen LogP contribution is -2.40. The van der Waals surface area contributed by atoms with Crippen LogP contribution in [0.5, 0.6) is 0 Å². The molecule has 0 bridgehead atoms. The highest BCUT2D eigenvalue weighted by molar-refractivity contribution is 5.83. The number of likely N-dealkylation sites (tertiary alicyclic amines) is 1. The van der Waals surface area contributed by atoms with E-state index in [9.17, 15) is 4.79 Å². The van der Waals surface area contributed by atoms with E-state index in [1.165, 1.54) is 13.0 Å². The first kappa shape index (κ1) is 11.9. The van der Waals surface area contributed by atoms with Crippen molar-refractivity contribution in [1.29, 1.82) is 0 Å². The lowest BCUT2D eigenvalue weighted by molar-refractivity contribution is -0.130. The maximum atomic E-state index is 12.0. The Hall–Kier alpha value is -0.610. The van der Waals surface area contributed by atoms with E-state index in [1.54, 1.807) is 0 Å². The standard InChI is InChI=1S/C12H23N3O/c1-4-11-13-9(2)12(16)15(11)8-10-5-6-14(3)7-10/h9-11,13H,4-8H2,1-3H3. The van der Waals surface area contributed by atoms with Gasteiger partial charge < -0.3 is 9.80 Å². The van der Waals surface area contributed by atoms with Gasteiger partial charge in [-0.1, -0.05) is 6.92 Å². The SMILES string of the molecule is CCC1NC(C)C(=O)N1CC1CCN(C)C1. The number of hydrogen-bond acceptors (Lipinski definition) is 3. The van der Waals surface area contributed by atoms with Crippen molar-refractivity contribution in [3.05, 3.63) is 0 Å². The molecule has 3 atom stereocenters. The second-order valence-corrected chi connectivity index (χ2v) is 5.22. The van der Waals surface area contributed by atoms with Gasteiger partial charge >= 0.3 is 0 Å². The summed E-state index contributed by atoms with van der Waals surface area (Å²) in [5, 5.41) is 3.35. The summed E-state index contributed by atoms with van der Waals surface area (Å²) in [5.41, 5.74) is 0. The van der Waals surface area contributed by atoms with Crippen LogP contribution in [-0.4, -0.2) is 54.6 Å². The van der Waals surface area contributed by atoms with E-state index >= 15 is 0 Å². The summed E-state index contributed by atoms with van der Waals surface area (Å²) >= 11 is 0. The minimum atomic E-state index is 0.00378. The molecule has 2 aliphatic rings. The molecule has 1 amide bonds. The molecule has 16 heavy (non-hydrogen) atoms. The quantitative estimate of drug-likeness (QED) is 0.759. The van der Waals surface area contributed by atoms with E-state index < -0.39 is 0 Å². The summed E-state index contributed by atoms with van der Waals surface area (Å²) in [6, 6.07) is 0.00378. The number of hydrogen-bond donors (Lipinski definition) is 1. The van der Waals surface area contributed by atoms with Gasteiger partial charge in [-0.3, -0.25) is 10.1 Å². The Morgan fingerprint density at radius 3 is 2.81 bits per heavy atom. The Kier molecular flexibility index (Phi) is 3.50. The van der Waals surface area contributed by atoms with Gasteiger partial charge in [0.05, 0.1) is 12.2 Å². The van der Waals surface area contributed by atoms with Crippen LogP contribution in [0.1, 0.15) is 26.7 Å². The molecule has 0 spiro atoms. The van der Waals surface area contributed by atoms with Crippen LogP contribution >= 0.6 is 0 Å². The van der Waals surface area contributed by atoms with Crippen molar-refractivity contribution in [2.75, 3.05) is 26.7 Å². The molecular formula is C12H23N3O. The smallest absolute Gasteiger partial charge is 0.240 e. The molecule has 92 valence electrons. The third kappa shape index (κ3) is 2.23. The normalized spacial score (nSPS) is 36.3. The van der Waals surface area contributed by atoms with Gasteiger partial charge in [0.2, 0.25) is 5.91 Å². The maximum Gasteiger partial charge on any atom is 0.240 e. The predicted molar refractivity (Wildman–Crippen MR) is 64.0 cm³/mol. The maximum absolute atomic E-state index is 12.0. The topological polar surface area (TPSA) is 35.6 Å². The summed E-state index contributed by atoms with van der Waals surface area (Å²) < 4.78 is 0. The molecule has 4 nitrogen and oxygen atoms in total. The van der Waals surface area contributed by atoms with E-state index in [0.717, 1.165) is 19.5 Å². The van der Waals surface area contributed by atoms with Crippen molar-refractivity contribution in [2.24, 2.45) is 5.92 Å². The predicted octanol–water partition coefficient (Wildman–Crippen LogP) is 0.495. The number of nitrogens with one attached hydrogen (secondary N) is 1. The Morgan fingerprint density at radius 2 is 2.25 bits per heavy atom. The van der Waals surface area contributed by atoms with Crippen molar-refractivity contribution in [3.8, 4) is 0 Å². The van der Waals surface area contributed by atoms with E-state index in [2.05, 4.69) is 29.1 Å². The monoisotopic (exact) mass is 225 g/mol. The van der Waals surface area contributed by atoms with Crippen LogP contribution in [0, 0.1) is 5.92 Å². The van der Waals surface area contributed by atoms with E-state index in [-0.39, 0.29) is 18.1 Å². The molecule has 2 heterocycles. The zero-order valence-corrected chi connectivity index (χ0v) is 10.6. The molecule has 0 radical (unpaired) electrons. The van der Waals surface area contributed by atoms with Crippen LogP contribution in [0.2, 0.25) is 0 Å². The molecular weight excluding hydrogens is 202 g/mol. The molecule has 2 fully saturated rings. The largest absolute Gasteiger partial charge is 0.325 e. The zero-order chi connectivity index (χ0) is 11.7. The minimum absolute atomic E-state index is 0.00378. The first-order valence-corrected chi connectivity index (χ1v) is 6.37. The average molecular weight is 225 g/mol. The van der Waals surface area contributed by atoms with Gasteiger partial charge in [0, 0.05) is 13.1 Å². The number of nitrogens with zero attached hydrogens (tertiary/aromatic N) is 2. The van der Waals surface area contributed by atoms with Crippen molar-refractivity contribution in [3.63, 3.8) is 0 Å². The lowest BCUT2D eigenvalue weighted by Gasteiger charge is -2.26. The molecule has 2 rings (SSSR count). The highest BCUT2D eigenvalue weighted by Crippen LogP contribution is 2.20. The van der Waals surface area contributed by atoms with Crippen molar-refractivity contribution in [1.82, 2.24) is 15.1 Å². The molecule has 3 unspecified atom stereocenters. The van der Waals surface area contributed by atoms with Gasteiger partial charge in [-0.15, -0.1) is 0 Å². The second kappa shape index (κ2) is 4.72. The van der Waals surface area contributed by atoms with Crippen LogP contribution in [0.15, 0.2) is 0 Å². The molecule has 0 aromatic heterocycles.